The second-order valence-electron chi connectivity index (χ2n) is 8.36. The molecule has 0 unspecified atom stereocenters. The van der Waals surface area contributed by atoms with Gasteiger partial charge >= 0.3 is 5.97 Å². The van der Waals surface area contributed by atoms with Crippen LogP contribution in [0.2, 0.25) is 0 Å². The molecular weight excluding hydrogens is 432 g/mol. The van der Waals surface area contributed by atoms with Crippen molar-refractivity contribution in [1.29, 1.82) is 0 Å². The van der Waals surface area contributed by atoms with Crippen molar-refractivity contribution in [3.05, 3.63) is 88.5 Å². The fourth-order valence-electron chi connectivity index (χ4n) is 3.93. The van der Waals surface area contributed by atoms with Crippen molar-refractivity contribution in [2.24, 2.45) is 5.92 Å². The molecule has 2 atom stereocenters. The Morgan fingerprint density at radius 2 is 1.74 bits per heavy atom. The van der Waals surface area contributed by atoms with E-state index in [0.717, 1.165) is 27.1 Å². The number of carbonyl (C=O) groups is 1. The van der Waals surface area contributed by atoms with E-state index in [1.165, 1.54) is 0 Å². The van der Waals surface area contributed by atoms with Crippen LogP contribution in [-0.2, 0) is 17.8 Å². The molecule has 4 rings (SSSR count). The number of fused-ring (bicyclic) bond motifs is 1. The van der Waals surface area contributed by atoms with Crippen LogP contribution in [-0.4, -0.2) is 42.3 Å². The van der Waals surface area contributed by atoms with Crippen molar-refractivity contribution in [3.8, 4) is 11.1 Å². The maximum Gasteiger partial charge on any atom is 0.309 e. The minimum atomic E-state index is -1.10. The van der Waals surface area contributed by atoms with Gasteiger partial charge in [-0.25, -0.2) is 4.68 Å². The molecule has 0 amide bonds. The monoisotopic (exact) mass is 458 g/mol. The first kappa shape index (κ1) is 23.3. The third-order valence-electron chi connectivity index (χ3n) is 5.99. The maximum atomic E-state index is 12.6. The highest BCUT2D eigenvalue weighted by Crippen LogP contribution is 2.21. The lowest BCUT2D eigenvalue weighted by atomic mass is 9.93. The minimum Gasteiger partial charge on any atom is -0.481 e. The van der Waals surface area contributed by atoms with Crippen molar-refractivity contribution < 1.29 is 15.0 Å². The van der Waals surface area contributed by atoms with Gasteiger partial charge in [-0.05, 0) is 55.5 Å². The SMILES string of the molecule is Cc1ccc(-c2ccc(CC[C@@H](O)[C@H](CCn3nnc4ccccc4c3=O)C(=O)O)cc2)cn1. The third kappa shape index (κ3) is 5.35. The van der Waals surface area contributed by atoms with Gasteiger partial charge in [0.25, 0.3) is 5.56 Å². The highest BCUT2D eigenvalue weighted by Gasteiger charge is 2.26. The molecule has 0 fully saturated rings. The Bertz CT molecular complexity index is 1330. The zero-order chi connectivity index (χ0) is 24.1. The Balaban J connectivity index is 1.37. The normalized spacial score (nSPS) is 13.0. The van der Waals surface area contributed by atoms with Crippen LogP contribution in [0.5, 0.6) is 0 Å². The molecule has 0 aliphatic rings. The topological polar surface area (TPSA) is 118 Å². The first-order valence-electron chi connectivity index (χ1n) is 11.2. The third-order valence-corrected chi connectivity index (χ3v) is 5.99. The van der Waals surface area contributed by atoms with Crippen LogP contribution in [0.25, 0.3) is 22.0 Å². The summed E-state index contributed by atoms with van der Waals surface area (Å²) in [5.41, 5.74) is 4.19. The van der Waals surface area contributed by atoms with Gasteiger partial charge in [-0.2, -0.15) is 0 Å². The number of nitrogens with zero attached hydrogens (tertiary/aromatic N) is 4. The Hall–Kier alpha value is -3.91. The van der Waals surface area contributed by atoms with Gasteiger partial charge in [-0.1, -0.05) is 47.7 Å². The lowest BCUT2D eigenvalue weighted by molar-refractivity contribution is -0.146. The molecule has 0 aliphatic carbocycles. The molecule has 0 saturated heterocycles. The highest BCUT2D eigenvalue weighted by molar-refractivity contribution is 5.76. The number of rotatable bonds is 9. The average Bonchev–Trinajstić information content (AvgIpc) is 2.85. The molecule has 8 nitrogen and oxygen atoms in total. The van der Waals surface area contributed by atoms with E-state index in [9.17, 15) is 19.8 Å². The predicted octanol–water partition coefficient (Wildman–Crippen LogP) is 3.25. The summed E-state index contributed by atoms with van der Waals surface area (Å²) in [4.78, 5) is 28.7. The molecule has 2 N–H and O–H groups in total. The van der Waals surface area contributed by atoms with Gasteiger partial charge in [0.1, 0.15) is 5.52 Å². The Labute approximate surface area is 196 Å². The number of aliphatic hydroxyl groups excluding tert-OH is 1. The van der Waals surface area contributed by atoms with Crippen molar-refractivity contribution in [2.45, 2.75) is 38.8 Å². The van der Waals surface area contributed by atoms with E-state index < -0.39 is 18.0 Å². The molecule has 0 spiro atoms. The number of hydrogen-bond donors (Lipinski definition) is 2. The van der Waals surface area contributed by atoms with Gasteiger partial charge in [0.2, 0.25) is 0 Å². The smallest absolute Gasteiger partial charge is 0.309 e. The Morgan fingerprint density at radius 3 is 2.44 bits per heavy atom. The van der Waals surface area contributed by atoms with Crippen LogP contribution in [0.15, 0.2) is 71.7 Å². The quantitative estimate of drug-likeness (QED) is 0.395. The van der Waals surface area contributed by atoms with Gasteiger partial charge < -0.3 is 10.2 Å². The van der Waals surface area contributed by atoms with E-state index in [1.54, 1.807) is 24.3 Å². The molecule has 174 valence electrons. The first-order valence-corrected chi connectivity index (χ1v) is 11.2. The highest BCUT2D eigenvalue weighted by atomic mass is 16.4. The standard InChI is InChI=1S/C26H26N4O4/c1-17-6-10-20(16-27-17)19-11-7-18(8-12-19)9-13-24(31)22(26(33)34)14-15-30-25(32)21-4-2-3-5-23(21)28-29-30/h2-8,10-12,16,22,24,31H,9,13-15H2,1H3,(H,33,34)/t22-,24+/m0/s1. The van der Waals surface area contributed by atoms with E-state index in [4.69, 9.17) is 0 Å². The Morgan fingerprint density at radius 1 is 1.00 bits per heavy atom. The zero-order valence-corrected chi connectivity index (χ0v) is 18.8. The average molecular weight is 459 g/mol. The second kappa shape index (κ2) is 10.4. The van der Waals surface area contributed by atoms with Gasteiger partial charge in [-0.3, -0.25) is 14.6 Å². The van der Waals surface area contributed by atoms with Gasteiger partial charge in [0.15, 0.2) is 0 Å². The van der Waals surface area contributed by atoms with E-state index >= 15 is 0 Å². The summed E-state index contributed by atoms with van der Waals surface area (Å²) in [5.74, 6) is -2.12. The van der Waals surface area contributed by atoms with E-state index in [1.807, 2.05) is 49.5 Å². The summed E-state index contributed by atoms with van der Waals surface area (Å²) < 4.78 is 1.16. The van der Waals surface area contributed by atoms with Crippen LogP contribution in [0.1, 0.15) is 24.1 Å². The number of carboxylic acid groups (broad SMARTS) is 1. The lowest BCUT2D eigenvalue weighted by Gasteiger charge is -2.19. The van der Waals surface area contributed by atoms with Crippen molar-refractivity contribution >= 4 is 16.9 Å². The predicted molar refractivity (Wildman–Crippen MR) is 128 cm³/mol. The zero-order valence-electron chi connectivity index (χ0n) is 18.8. The van der Waals surface area contributed by atoms with Crippen LogP contribution >= 0.6 is 0 Å². The number of aliphatic carboxylic acids is 1. The molecule has 4 aromatic rings. The van der Waals surface area contributed by atoms with E-state index in [0.29, 0.717) is 23.7 Å². The number of pyridine rings is 1. The largest absolute Gasteiger partial charge is 0.481 e. The van der Waals surface area contributed by atoms with Crippen molar-refractivity contribution in [2.75, 3.05) is 0 Å². The molecule has 8 heteroatoms. The fraction of sp³-hybridized carbons (Fsp3) is 0.269. The fourth-order valence-corrected chi connectivity index (χ4v) is 3.93. The van der Waals surface area contributed by atoms with Crippen LogP contribution in [0.3, 0.4) is 0 Å². The van der Waals surface area contributed by atoms with Crippen LogP contribution < -0.4 is 5.56 Å². The minimum absolute atomic E-state index is 0.0595. The molecule has 2 heterocycles. The summed E-state index contributed by atoms with van der Waals surface area (Å²) >= 11 is 0. The van der Waals surface area contributed by atoms with Gasteiger partial charge in [-0.15, -0.1) is 5.10 Å². The number of aromatic nitrogens is 4. The van der Waals surface area contributed by atoms with Gasteiger partial charge in [0, 0.05) is 24.0 Å². The molecule has 0 radical (unpaired) electrons. The van der Waals surface area contributed by atoms with E-state index in [-0.39, 0.29) is 18.5 Å². The van der Waals surface area contributed by atoms with Crippen LogP contribution in [0.4, 0.5) is 0 Å². The summed E-state index contributed by atoms with van der Waals surface area (Å²) in [7, 11) is 0. The van der Waals surface area contributed by atoms with Crippen molar-refractivity contribution in [3.63, 3.8) is 0 Å². The molecule has 0 saturated carbocycles. The summed E-state index contributed by atoms with van der Waals surface area (Å²) in [6.45, 7) is 2.00. The number of carboxylic acids is 1. The van der Waals surface area contributed by atoms with Gasteiger partial charge in [0.05, 0.1) is 17.4 Å². The number of hydrogen-bond acceptors (Lipinski definition) is 6. The molecule has 2 aromatic heterocycles. The maximum absolute atomic E-state index is 12.6. The summed E-state index contributed by atoms with van der Waals surface area (Å²) in [5, 5.41) is 28.6. The Kier molecular flexibility index (Phi) is 7.08. The second-order valence-corrected chi connectivity index (χ2v) is 8.36. The first-order chi connectivity index (χ1) is 16.4. The summed E-state index contributed by atoms with van der Waals surface area (Å²) in [6.07, 6.45) is 1.68. The summed E-state index contributed by atoms with van der Waals surface area (Å²) in [6, 6.07) is 18.8. The number of benzene rings is 2. The molecule has 34 heavy (non-hydrogen) atoms. The number of aliphatic hydroxyl groups is 1. The molecule has 2 aromatic carbocycles. The van der Waals surface area contributed by atoms with Crippen LogP contribution in [0, 0.1) is 12.8 Å². The number of aryl methyl sites for hydroxylation is 3. The molecule has 0 aliphatic heterocycles. The molecular formula is C26H26N4O4. The van der Waals surface area contributed by atoms with E-state index in [2.05, 4.69) is 15.3 Å². The van der Waals surface area contributed by atoms with Crippen molar-refractivity contribution in [1.82, 2.24) is 20.0 Å². The molecule has 0 bridgehead atoms. The lowest BCUT2D eigenvalue weighted by Crippen LogP contribution is -2.32.